The fraction of sp³-hybridized carbons (Fsp3) is 0.417. The van der Waals surface area contributed by atoms with Crippen LogP contribution in [0.5, 0.6) is 0 Å². The molecule has 0 amide bonds. The van der Waals surface area contributed by atoms with Crippen molar-refractivity contribution in [3.05, 3.63) is 28.0 Å². The van der Waals surface area contributed by atoms with Crippen LogP contribution in [0.15, 0.2) is 16.6 Å². The summed E-state index contributed by atoms with van der Waals surface area (Å²) < 4.78 is 37.1. The monoisotopic (exact) mass is 365 g/mol. The molecule has 1 heterocycles. The lowest BCUT2D eigenvalue weighted by molar-refractivity contribution is 0.0695. The van der Waals surface area contributed by atoms with Crippen LogP contribution in [-0.4, -0.2) is 37.0 Å². The minimum Gasteiger partial charge on any atom is -0.478 e. The number of hydrogen-bond donors (Lipinski definition) is 2. The fourth-order valence-electron chi connectivity index (χ4n) is 2.16. The molecule has 20 heavy (non-hydrogen) atoms. The van der Waals surface area contributed by atoms with Gasteiger partial charge >= 0.3 is 5.97 Å². The zero-order chi connectivity index (χ0) is 14.9. The fourth-order valence-corrected chi connectivity index (χ4v) is 4.44. The standard InChI is InChI=1S/C12H13BrFNO4S/c13-10-8(12(16)17)3-4-9(11(10)14)15-6-7-2-1-5-20(7,18)19/h3-4,7,15H,1-2,5-6H2,(H,16,17). The predicted molar refractivity (Wildman–Crippen MR) is 76.4 cm³/mol. The van der Waals surface area contributed by atoms with E-state index in [1.54, 1.807) is 0 Å². The van der Waals surface area contributed by atoms with Crippen LogP contribution in [0.25, 0.3) is 0 Å². The highest BCUT2D eigenvalue weighted by Gasteiger charge is 2.31. The number of nitrogens with one attached hydrogen (secondary N) is 1. The molecule has 110 valence electrons. The Morgan fingerprint density at radius 1 is 1.50 bits per heavy atom. The number of hydrogen-bond acceptors (Lipinski definition) is 4. The average molecular weight is 366 g/mol. The molecule has 0 bridgehead atoms. The number of aromatic carboxylic acids is 1. The molecule has 1 atom stereocenters. The van der Waals surface area contributed by atoms with Crippen LogP contribution in [0.4, 0.5) is 10.1 Å². The lowest BCUT2D eigenvalue weighted by Crippen LogP contribution is -2.25. The number of carboxylic acids is 1. The third-order valence-corrected chi connectivity index (χ3v) is 6.35. The van der Waals surface area contributed by atoms with E-state index in [9.17, 15) is 17.6 Å². The number of rotatable bonds is 4. The quantitative estimate of drug-likeness (QED) is 0.854. The smallest absolute Gasteiger partial charge is 0.336 e. The van der Waals surface area contributed by atoms with Gasteiger partial charge in [-0.25, -0.2) is 17.6 Å². The zero-order valence-electron chi connectivity index (χ0n) is 10.4. The first-order chi connectivity index (χ1) is 9.33. The van der Waals surface area contributed by atoms with Crippen molar-refractivity contribution >= 4 is 37.4 Å². The molecule has 0 aliphatic carbocycles. The second-order valence-electron chi connectivity index (χ2n) is 4.61. The van der Waals surface area contributed by atoms with Crippen LogP contribution < -0.4 is 5.32 Å². The number of carbonyl (C=O) groups is 1. The molecule has 1 aliphatic rings. The van der Waals surface area contributed by atoms with Gasteiger partial charge in [-0.15, -0.1) is 0 Å². The number of anilines is 1. The Hall–Kier alpha value is -1.15. The Morgan fingerprint density at radius 2 is 2.20 bits per heavy atom. The van der Waals surface area contributed by atoms with Gasteiger partial charge in [0.2, 0.25) is 0 Å². The van der Waals surface area contributed by atoms with Crippen LogP contribution >= 0.6 is 15.9 Å². The van der Waals surface area contributed by atoms with Crippen molar-refractivity contribution in [3.63, 3.8) is 0 Å². The molecule has 1 fully saturated rings. The average Bonchev–Trinajstić information content (AvgIpc) is 2.70. The molecular formula is C12H13BrFNO4S. The summed E-state index contributed by atoms with van der Waals surface area (Å²) in [6.07, 6.45) is 1.18. The van der Waals surface area contributed by atoms with Crippen LogP contribution in [0.3, 0.4) is 0 Å². The SMILES string of the molecule is O=C(O)c1ccc(NCC2CCCS2(=O)=O)c(F)c1Br. The lowest BCUT2D eigenvalue weighted by atomic mass is 10.2. The third kappa shape index (κ3) is 2.95. The van der Waals surface area contributed by atoms with Gasteiger partial charge in [0.25, 0.3) is 0 Å². The van der Waals surface area contributed by atoms with E-state index in [0.29, 0.717) is 12.8 Å². The van der Waals surface area contributed by atoms with Crippen LogP contribution in [0.2, 0.25) is 0 Å². The molecule has 2 N–H and O–H groups in total. The van der Waals surface area contributed by atoms with Crippen molar-refractivity contribution < 1.29 is 22.7 Å². The molecule has 0 spiro atoms. The van der Waals surface area contributed by atoms with Gasteiger partial charge in [0.05, 0.1) is 26.7 Å². The molecule has 0 aromatic heterocycles. The maximum Gasteiger partial charge on any atom is 0.336 e. The molecule has 1 aromatic rings. The van der Waals surface area contributed by atoms with Gasteiger partial charge in [0.1, 0.15) is 0 Å². The summed E-state index contributed by atoms with van der Waals surface area (Å²) in [5.41, 5.74) is -0.0921. The molecule has 1 saturated heterocycles. The molecule has 1 aromatic carbocycles. The van der Waals surface area contributed by atoms with E-state index in [1.807, 2.05) is 0 Å². The van der Waals surface area contributed by atoms with Crippen molar-refractivity contribution in [2.45, 2.75) is 18.1 Å². The first-order valence-corrected chi connectivity index (χ1v) is 8.50. The van der Waals surface area contributed by atoms with E-state index in [1.165, 1.54) is 12.1 Å². The van der Waals surface area contributed by atoms with Gasteiger partial charge in [-0.1, -0.05) is 0 Å². The number of halogens is 2. The molecule has 0 radical (unpaired) electrons. The summed E-state index contributed by atoms with van der Waals surface area (Å²) >= 11 is 2.89. The van der Waals surface area contributed by atoms with E-state index >= 15 is 0 Å². The van der Waals surface area contributed by atoms with E-state index in [4.69, 9.17) is 5.11 Å². The summed E-state index contributed by atoms with van der Waals surface area (Å²) in [5, 5.41) is 11.1. The highest BCUT2D eigenvalue weighted by Crippen LogP contribution is 2.28. The topological polar surface area (TPSA) is 83.5 Å². The second kappa shape index (κ2) is 5.69. The summed E-state index contributed by atoms with van der Waals surface area (Å²) in [6, 6.07) is 2.56. The van der Waals surface area contributed by atoms with Crippen LogP contribution in [-0.2, 0) is 9.84 Å². The largest absolute Gasteiger partial charge is 0.478 e. The van der Waals surface area contributed by atoms with Gasteiger partial charge in [-0.05, 0) is 40.9 Å². The zero-order valence-corrected chi connectivity index (χ0v) is 12.8. The molecule has 0 saturated carbocycles. The second-order valence-corrected chi connectivity index (χ2v) is 7.80. The predicted octanol–water partition coefficient (Wildman–Crippen LogP) is 2.28. The summed E-state index contributed by atoms with van der Waals surface area (Å²) in [4.78, 5) is 10.8. The summed E-state index contributed by atoms with van der Waals surface area (Å²) in [5.74, 6) is -1.80. The van der Waals surface area contributed by atoms with E-state index in [2.05, 4.69) is 21.2 Å². The Bertz CT molecular complexity index is 647. The van der Waals surface area contributed by atoms with Crippen molar-refractivity contribution in [1.29, 1.82) is 0 Å². The lowest BCUT2D eigenvalue weighted by Gasteiger charge is -2.13. The number of benzene rings is 1. The molecule has 2 rings (SSSR count). The third-order valence-electron chi connectivity index (χ3n) is 3.30. The molecule has 1 aliphatic heterocycles. The number of carboxylic acid groups (broad SMARTS) is 1. The van der Waals surface area contributed by atoms with E-state index < -0.39 is 26.9 Å². The van der Waals surface area contributed by atoms with Crippen LogP contribution in [0, 0.1) is 5.82 Å². The van der Waals surface area contributed by atoms with Gasteiger partial charge in [0.15, 0.2) is 15.7 Å². The van der Waals surface area contributed by atoms with Crippen molar-refractivity contribution in [2.75, 3.05) is 17.6 Å². The Balaban J connectivity index is 2.15. The van der Waals surface area contributed by atoms with Crippen molar-refractivity contribution in [2.24, 2.45) is 0 Å². The molecule has 1 unspecified atom stereocenters. The van der Waals surface area contributed by atoms with Gasteiger partial charge in [-0.3, -0.25) is 0 Å². The molecule has 5 nitrogen and oxygen atoms in total. The first kappa shape index (κ1) is 15.2. The minimum absolute atomic E-state index is 0.0870. The maximum atomic E-state index is 14.0. The Labute approximate surface area is 124 Å². The molecule has 8 heteroatoms. The van der Waals surface area contributed by atoms with E-state index in [0.717, 1.165) is 0 Å². The summed E-state index contributed by atoms with van der Waals surface area (Å²) in [7, 11) is -3.09. The van der Waals surface area contributed by atoms with Gasteiger partial charge in [-0.2, -0.15) is 0 Å². The normalized spacial score (nSPS) is 20.8. The van der Waals surface area contributed by atoms with E-state index in [-0.39, 0.29) is 28.0 Å². The van der Waals surface area contributed by atoms with Gasteiger partial charge < -0.3 is 10.4 Å². The van der Waals surface area contributed by atoms with Gasteiger partial charge in [0, 0.05) is 6.54 Å². The highest BCUT2D eigenvalue weighted by molar-refractivity contribution is 9.10. The summed E-state index contributed by atoms with van der Waals surface area (Å²) in [6.45, 7) is 0.123. The maximum absolute atomic E-state index is 14.0. The Kier molecular flexibility index (Phi) is 4.33. The van der Waals surface area contributed by atoms with Crippen molar-refractivity contribution in [3.8, 4) is 0 Å². The first-order valence-electron chi connectivity index (χ1n) is 5.99. The van der Waals surface area contributed by atoms with Crippen LogP contribution in [0.1, 0.15) is 23.2 Å². The molecular weight excluding hydrogens is 353 g/mol. The number of sulfone groups is 1. The van der Waals surface area contributed by atoms with Crippen molar-refractivity contribution in [1.82, 2.24) is 0 Å². The highest BCUT2D eigenvalue weighted by atomic mass is 79.9. The Morgan fingerprint density at radius 3 is 2.75 bits per heavy atom. The minimum atomic E-state index is -3.09.